The maximum absolute atomic E-state index is 5.55. The fraction of sp³-hybridized carbons (Fsp3) is 0.696. The molecular weight excluding hydrogens is 507 g/mol. The average Bonchev–Trinajstić information content (AvgIpc) is 2.78. The predicted octanol–water partition coefficient (Wildman–Crippen LogP) is 3.69. The second-order valence-corrected chi connectivity index (χ2v) is 7.63. The van der Waals surface area contributed by atoms with Gasteiger partial charge in [0.2, 0.25) is 0 Å². The zero-order valence-electron chi connectivity index (χ0n) is 19.8. The monoisotopic (exact) mass is 548 g/mol. The number of nitrogens with zero attached hydrogens (tertiary/aromatic N) is 2. The smallest absolute Gasteiger partial charge is 0.191 e. The van der Waals surface area contributed by atoms with E-state index in [1.54, 1.807) is 21.3 Å². The highest BCUT2D eigenvalue weighted by molar-refractivity contribution is 14.0. The molecule has 1 aliphatic heterocycles. The van der Waals surface area contributed by atoms with Gasteiger partial charge in [-0.1, -0.05) is 13.3 Å². The largest absolute Gasteiger partial charge is 0.496 e. The molecule has 31 heavy (non-hydrogen) atoms. The number of piperidine rings is 1. The lowest BCUT2D eigenvalue weighted by molar-refractivity contribution is 0.203. The lowest BCUT2D eigenvalue weighted by Gasteiger charge is -2.33. The molecule has 1 aliphatic rings. The van der Waals surface area contributed by atoms with E-state index < -0.39 is 0 Å². The number of halogens is 1. The van der Waals surface area contributed by atoms with Crippen molar-refractivity contribution in [3.05, 3.63) is 17.7 Å². The fourth-order valence-corrected chi connectivity index (χ4v) is 3.80. The van der Waals surface area contributed by atoms with E-state index in [4.69, 9.17) is 19.2 Å². The lowest BCUT2D eigenvalue weighted by Crippen LogP contribution is -2.48. The number of rotatable bonds is 11. The van der Waals surface area contributed by atoms with Crippen LogP contribution in [-0.4, -0.2) is 71.0 Å². The Balaban J connectivity index is 0.00000480. The summed E-state index contributed by atoms with van der Waals surface area (Å²) in [5.74, 6) is 3.13. The summed E-state index contributed by atoms with van der Waals surface area (Å²) in [4.78, 5) is 7.38. The van der Waals surface area contributed by atoms with Crippen molar-refractivity contribution in [2.24, 2.45) is 4.99 Å². The first-order chi connectivity index (χ1) is 14.6. The molecule has 0 radical (unpaired) electrons. The number of likely N-dealkylation sites (tertiary alicyclic amines) is 1. The van der Waals surface area contributed by atoms with Crippen LogP contribution in [-0.2, 0) is 6.42 Å². The van der Waals surface area contributed by atoms with Crippen molar-refractivity contribution in [2.75, 3.05) is 54.1 Å². The van der Waals surface area contributed by atoms with Crippen LogP contribution in [0.2, 0.25) is 0 Å². The second kappa shape index (κ2) is 15.4. The summed E-state index contributed by atoms with van der Waals surface area (Å²) in [7, 11) is 4.97. The Kier molecular flexibility index (Phi) is 13.7. The first-order valence-electron chi connectivity index (χ1n) is 11.2. The lowest BCUT2D eigenvalue weighted by atomic mass is 10.0. The summed E-state index contributed by atoms with van der Waals surface area (Å²) in [6.45, 7) is 9.39. The minimum atomic E-state index is 0. The van der Waals surface area contributed by atoms with Gasteiger partial charge in [-0.15, -0.1) is 24.0 Å². The topological polar surface area (TPSA) is 67.4 Å². The number of hydrogen-bond donors (Lipinski definition) is 2. The van der Waals surface area contributed by atoms with Crippen LogP contribution in [0.5, 0.6) is 17.2 Å². The van der Waals surface area contributed by atoms with Crippen molar-refractivity contribution in [1.82, 2.24) is 15.5 Å². The molecule has 0 spiro atoms. The standard InChI is InChI=1S/C23H40N4O3.HI/c1-6-8-13-27-14-10-18(11-15-27)26-23(24-7-2)25-12-9-20-21(29-4)16-19(28-3)17-22(20)30-5;/h16-18H,6-15H2,1-5H3,(H2,24,25,26);1H. The molecule has 0 atom stereocenters. The van der Waals surface area contributed by atoms with Crippen LogP contribution in [0, 0.1) is 0 Å². The Hall–Kier alpha value is -1.42. The van der Waals surface area contributed by atoms with Crippen molar-refractivity contribution in [3.63, 3.8) is 0 Å². The highest BCUT2D eigenvalue weighted by Gasteiger charge is 2.19. The van der Waals surface area contributed by atoms with E-state index in [-0.39, 0.29) is 24.0 Å². The third-order valence-corrected chi connectivity index (χ3v) is 5.55. The van der Waals surface area contributed by atoms with Gasteiger partial charge in [0, 0.05) is 49.9 Å². The number of aliphatic imine (C=N–C) groups is 1. The van der Waals surface area contributed by atoms with Crippen molar-refractivity contribution < 1.29 is 14.2 Å². The Morgan fingerprint density at radius 2 is 1.71 bits per heavy atom. The Bertz CT molecular complexity index is 639. The number of methoxy groups -OCH3 is 3. The maximum atomic E-state index is 5.55. The van der Waals surface area contributed by atoms with Gasteiger partial charge in [-0.2, -0.15) is 0 Å². The van der Waals surface area contributed by atoms with Gasteiger partial charge in [0.25, 0.3) is 0 Å². The summed E-state index contributed by atoms with van der Waals surface area (Å²) in [5.41, 5.74) is 1.00. The highest BCUT2D eigenvalue weighted by Crippen LogP contribution is 2.34. The first-order valence-corrected chi connectivity index (χ1v) is 11.2. The normalized spacial score (nSPS) is 15.2. The molecule has 0 aromatic heterocycles. The summed E-state index contributed by atoms with van der Waals surface area (Å²) in [6, 6.07) is 4.25. The van der Waals surface area contributed by atoms with Gasteiger partial charge in [-0.25, -0.2) is 0 Å². The van der Waals surface area contributed by atoms with Gasteiger partial charge in [0.15, 0.2) is 5.96 Å². The van der Waals surface area contributed by atoms with E-state index in [9.17, 15) is 0 Å². The fourth-order valence-electron chi connectivity index (χ4n) is 3.80. The van der Waals surface area contributed by atoms with Crippen LogP contribution in [0.1, 0.15) is 45.1 Å². The van der Waals surface area contributed by atoms with Crippen molar-refractivity contribution in [1.29, 1.82) is 0 Å². The predicted molar refractivity (Wildman–Crippen MR) is 139 cm³/mol. The van der Waals surface area contributed by atoms with E-state index in [1.807, 2.05) is 12.1 Å². The van der Waals surface area contributed by atoms with E-state index in [2.05, 4.69) is 29.4 Å². The Morgan fingerprint density at radius 3 is 2.23 bits per heavy atom. The zero-order valence-corrected chi connectivity index (χ0v) is 22.2. The summed E-state index contributed by atoms with van der Waals surface area (Å²) >= 11 is 0. The van der Waals surface area contributed by atoms with E-state index in [0.717, 1.165) is 67.7 Å². The van der Waals surface area contributed by atoms with Crippen molar-refractivity contribution >= 4 is 29.9 Å². The number of nitrogens with one attached hydrogen (secondary N) is 2. The molecule has 0 amide bonds. The van der Waals surface area contributed by atoms with E-state index in [1.165, 1.54) is 19.4 Å². The van der Waals surface area contributed by atoms with Crippen LogP contribution >= 0.6 is 24.0 Å². The number of guanidine groups is 1. The molecule has 178 valence electrons. The number of ether oxygens (including phenoxy) is 3. The Labute approximate surface area is 205 Å². The van der Waals surface area contributed by atoms with Gasteiger partial charge in [0.05, 0.1) is 21.3 Å². The number of hydrogen-bond acceptors (Lipinski definition) is 5. The summed E-state index contributed by atoms with van der Waals surface area (Å²) in [5, 5.41) is 7.00. The molecule has 8 heteroatoms. The van der Waals surface area contributed by atoms with Gasteiger partial charge < -0.3 is 29.7 Å². The van der Waals surface area contributed by atoms with Gasteiger partial charge in [0.1, 0.15) is 17.2 Å². The molecular formula is C23H41IN4O3. The van der Waals surface area contributed by atoms with Crippen molar-refractivity contribution in [2.45, 2.75) is 52.0 Å². The molecule has 1 fully saturated rings. The van der Waals surface area contributed by atoms with E-state index in [0.29, 0.717) is 12.6 Å². The SMILES string of the molecule is CCCCN1CCC(NC(=NCCc2c(OC)cc(OC)cc2OC)NCC)CC1.I. The number of unbranched alkanes of at least 4 members (excludes halogenated alkanes) is 1. The van der Waals surface area contributed by atoms with Crippen LogP contribution in [0.3, 0.4) is 0 Å². The van der Waals surface area contributed by atoms with Crippen LogP contribution in [0.15, 0.2) is 17.1 Å². The molecule has 1 aromatic rings. The minimum Gasteiger partial charge on any atom is -0.496 e. The third-order valence-electron chi connectivity index (χ3n) is 5.55. The molecule has 1 aromatic carbocycles. The van der Waals surface area contributed by atoms with Gasteiger partial charge >= 0.3 is 0 Å². The molecule has 2 N–H and O–H groups in total. The molecule has 0 aliphatic carbocycles. The quantitative estimate of drug-likeness (QED) is 0.250. The van der Waals surface area contributed by atoms with E-state index >= 15 is 0 Å². The highest BCUT2D eigenvalue weighted by atomic mass is 127. The van der Waals surface area contributed by atoms with Crippen LogP contribution in [0.25, 0.3) is 0 Å². The molecule has 1 saturated heterocycles. The van der Waals surface area contributed by atoms with Crippen molar-refractivity contribution in [3.8, 4) is 17.2 Å². The molecule has 0 unspecified atom stereocenters. The molecule has 7 nitrogen and oxygen atoms in total. The van der Waals surface area contributed by atoms with Crippen LogP contribution < -0.4 is 24.8 Å². The summed E-state index contributed by atoms with van der Waals surface area (Å²) in [6.07, 6.45) is 5.60. The molecule has 2 rings (SSSR count). The first kappa shape index (κ1) is 27.6. The maximum Gasteiger partial charge on any atom is 0.191 e. The minimum absolute atomic E-state index is 0. The van der Waals surface area contributed by atoms with Crippen LogP contribution in [0.4, 0.5) is 0 Å². The Morgan fingerprint density at radius 1 is 1.06 bits per heavy atom. The molecule has 1 heterocycles. The second-order valence-electron chi connectivity index (χ2n) is 7.63. The number of benzene rings is 1. The third kappa shape index (κ3) is 8.92. The molecule has 0 saturated carbocycles. The molecule has 0 bridgehead atoms. The van der Waals surface area contributed by atoms with Gasteiger partial charge in [-0.05, 0) is 39.2 Å². The summed E-state index contributed by atoms with van der Waals surface area (Å²) < 4.78 is 16.4. The average molecular weight is 549 g/mol. The van der Waals surface area contributed by atoms with Gasteiger partial charge in [-0.3, -0.25) is 4.99 Å². The zero-order chi connectivity index (χ0) is 21.8.